The molecule has 2 nitrogen and oxygen atoms in total. The molecule has 20 heavy (non-hydrogen) atoms. The highest BCUT2D eigenvalue weighted by atomic mass is 32.2. The van der Waals surface area contributed by atoms with Crippen LogP contribution < -0.4 is 5.32 Å². The van der Waals surface area contributed by atoms with Crippen LogP contribution in [0.3, 0.4) is 0 Å². The summed E-state index contributed by atoms with van der Waals surface area (Å²) >= 11 is 2.05. The molecule has 2 atom stereocenters. The van der Waals surface area contributed by atoms with Gasteiger partial charge >= 0.3 is 0 Å². The monoisotopic (exact) mass is 290 g/mol. The lowest BCUT2D eigenvalue weighted by atomic mass is 10.1. The van der Waals surface area contributed by atoms with Gasteiger partial charge in [-0.25, -0.2) is 0 Å². The third-order valence-electron chi connectivity index (χ3n) is 4.35. The number of benzene rings is 1. The third kappa shape index (κ3) is 3.78. The highest BCUT2D eigenvalue weighted by molar-refractivity contribution is 8.00. The number of nitrogens with zero attached hydrogens (tertiary/aromatic N) is 1. The van der Waals surface area contributed by atoms with Gasteiger partial charge in [0, 0.05) is 23.2 Å². The van der Waals surface area contributed by atoms with Crippen molar-refractivity contribution in [3.8, 4) is 0 Å². The summed E-state index contributed by atoms with van der Waals surface area (Å²) in [7, 11) is 0. The predicted molar refractivity (Wildman–Crippen MR) is 87.5 cm³/mol. The van der Waals surface area contributed by atoms with Crippen LogP contribution in [-0.2, 0) is 6.42 Å². The lowest BCUT2D eigenvalue weighted by Crippen LogP contribution is -2.34. The van der Waals surface area contributed by atoms with E-state index in [1.165, 1.54) is 49.4 Å². The van der Waals surface area contributed by atoms with Crippen LogP contribution in [0.25, 0.3) is 0 Å². The van der Waals surface area contributed by atoms with Gasteiger partial charge in [-0.1, -0.05) is 25.1 Å². The molecule has 3 rings (SSSR count). The van der Waals surface area contributed by atoms with Gasteiger partial charge in [0.1, 0.15) is 0 Å². The first-order valence-corrected chi connectivity index (χ1v) is 8.87. The first-order valence-electron chi connectivity index (χ1n) is 7.99. The number of rotatable bonds is 6. The second kappa shape index (κ2) is 6.97. The summed E-state index contributed by atoms with van der Waals surface area (Å²) in [6.07, 6.45) is 4.03. The van der Waals surface area contributed by atoms with E-state index in [-0.39, 0.29) is 0 Å². The molecule has 0 saturated carbocycles. The van der Waals surface area contributed by atoms with Crippen LogP contribution in [-0.4, -0.2) is 42.9 Å². The van der Waals surface area contributed by atoms with Crippen molar-refractivity contribution in [1.29, 1.82) is 0 Å². The van der Waals surface area contributed by atoms with Gasteiger partial charge in [0.2, 0.25) is 0 Å². The Morgan fingerprint density at radius 3 is 2.90 bits per heavy atom. The van der Waals surface area contributed by atoms with Gasteiger partial charge < -0.3 is 10.2 Å². The fourth-order valence-corrected chi connectivity index (χ4v) is 4.61. The lowest BCUT2D eigenvalue weighted by Gasteiger charge is -2.21. The van der Waals surface area contributed by atoms with E-state index in [4.69, 9.17) is 0 Å². The van der Waals surface area contributed by atoms with Crippen LogP contribution in [0.2, 0.25) is 0 Å². The second-order valence-electron chi connectivity index (χ2n) is 6.32. The molecular formula is C17H26N2S. The van der Waals surface area contributed by atoms with E-state index in [9.17, 15) is 0 Å². The van der Waals surface area contributed by atoms with Crippen LogP contribution in [0.5, 0.6) is 0 Å². The van der Waals surface area contributed by atoms with Crippen LogP contribution >= 0.6 is 11.8 Å². The SMILES string of the molecule is CC(CNCC1Cc2ccccc2S1)CN1CCCC1. The summed E-state index contributed by atoms with van der Waals surface area (Å²) < 4.78 is 0. The minimum atomic E-state index is 0.728. The molecule has 110 valence electrons. The maximum Gasteiger partial charge on any atom is 0.0260 e. The van der Waals surface area contributed by atoms with Gasteiger partial charge in [0.15, 0.2) is 0 Å². The standard InChI is InChI=1S/C17H26N2S/c1-14(13-19-8-4-5-9-19)11-18-12-16-10-15-6-2-3-7-17(15)20-16/h2-3,6-7,14,16,18H,4-5,8-13H2,1H3. The van der Waals surface area contributed by atoms with E-state index in [2.05, 4.69) is 41.4 Å². The van der Waals surface area contributed by atoms with Gasteiger partial charge in [-0.15, -0.1) is 11.8 Å². The molecule has 0 radical (unpaired) electrons. The van der Waals surface area contributed by atoms with E-state index in [1.54, 1.807) is 0 Å². The highest BCUT2D eigenvalue weighted by Gasteiger charge is 2.21. The minimum Gasteiger partial charge on any atom is -0.315 e. The fourth-order valence-electron chi connectivity index (χ4n) is 3.33. The zero-order valence-electron chi connectivity index (χ0n) is 12.5. The van der Waals surface area contributed by atoms with Crippen molar-refractivity contribution in [2.24, 2.45) is 5.92 Å². The maximum absolute atomic E-state index is 3.69. The van der Waals surface area contributed by atoms with Crippen molar-refractivity contribution < 1.29 is 0 Å². The number of fused-ring (bicyclic) bond motifs is 1. The minimum absolute atomic E-state index is 0.728. The number of hydrogen-bond donors (Lipinski definition) is 1. The summed E-state index contributed by atoms with van der Waals surface area (Å²) in [6.45, 7) is 8.58. The smallest absolute Gasteiger partial charge is 0.0260 e. The molecule has 0 spiro atoms. The molecule has 2 aliphatic rings. The molecule has 1 fully saturated rings. The highest BCUT2D eigenvalue weighted by Crippen LogP contribution is 2.36. The number of thioether (sulfide) groups is 1. The quantitative estimate of drug-likeness (QED) is 0.867. The van der Waals surface area contributed by atoms with E-state index < -0.39 is 0 Å². The van der Waals surface area contributed by atoms with Crippen molar-refractivity contribution in [3.63, 3.8) is 0 Å². The van der Waals surface area contributed by atoms with E-state index in [0.29, 0.717) is 0 Å². The Hall–Kier alpha value is -0.510. The first kappa shape index (κ1) is 14.4. The second-order valence-corrected chi connectivity index (χ2v) is 7.67. The molecule has 2 heterocycles. The molecule has 3 heteroatoms. The third-order valence-corrected chi connectivity index (χ3v) is 5.67. The largest absolute Gasteiger partial charge is 0.315 e. The zero-order valence-corrected chi connectivity index (χ0v) is 13.3. The molecule has 1 N–H and O–H groups in total. The van der Waals surface area contributed by atoms with E-state index in [1.807, 2.05) is 11.8 Å². The predicted octanol–water partition coefficient (Wildman–Crippen LogP) is 3.02. The average Bonchev–Trinajstić information content (AvgIpc) is 3.07. The van der Waals surface area contributed by atoms with Gasteiger partial charge in [0.25, 0.3) is 0 Å². The van der Waals surface area contributed by atoms with E-state index in [0.717, 1.165) is 24.3 Å². The average molecular weight is 290 g/mol. The Labute approximate surface area is 127 Å². The van der Waals surface area contributed by atoms with Gasteiger partial charge in [-0.05, 0) is 56.4 Å². The van der Waals surface area contributed by atoms with Crippen LogP contribution in [0, 0.1) is 5.92 Å². The topological polar surface area (TPSA) is 15.3 Å². The fraction of sp³-hybridized carbons (Fsp3) is 0.647. The van der Waals surface area contributed by atoms with Crippen LogP contribution in [0.1, 0.15) is 25.3 Å². The zero-order chi connectivity index (χ0) is 13.8. The summed E-state index contributed by atoms with van der Waals surface area (Å²) in [5.41, 5.74) is 1.54. The molecular weight excluding hydrogens is 264 g/mol. The van der Waals surface area contributed by atoms with Gasteiger partial charge in [-0.2, -0.15) is 0 Å². The molecule has 1 saturated heterocycles. The van der Waals surface area contributed by atoms with Crippen molar-refractivity contribution in [3.05, 3.63) is 29.8 Å². The number of likely N-dealkylation sites (tertiary alicyclic amines) is 1. The lowest BCUT2D eigenvalue weighted by molar-refractivity contribution is 0.283. The normalized spacial score (nSPS) is 23.9. The van der Waals surface area contributed by atoms with Crippen molar-refractivity contribution in [2.45, 2.75) is 36.3 Å². The maximum atomic E-state index is 3.69. The Morgan fingerprint density at radius 1 is 1.30 bits per heavy atom. The molecule has 0 aliphatic carbocycles. The summed E-state index contributed by atoms with van der Waals surface area (Å²) in [5.74, 6) is 0.766. The molecule has 1 aromatic carbocycles. The summed E-state index contributed by atoms with van der Waals surface area (Å²) in [4.78, 5) is 4.11. The molecule has 2 unspecified atom stereocenters. The van der Waals surface area contributed by atoms with Gasteiger partial charge in [-0.3, -0.25) is 0 Å². The Kier molecular flexibility index (Phi) is 5.03. The Morgan fingerprint density at radius 2 is 2.10 bits per heavy atom. The summed E-state index contributed by atoms with van der Waals surface area (Å²) in [5, 5.41) is 4.42. The summed E-state index contributed by atoms with van der Waals surface area (Å²) in [6, 6.07) is 8.85. The molecule has 1 aromatic rings. The van der Waals surface area contributed by atoms with Crippen molar-refractivity contribution >= 4 is 11.8 Å². The van der Waals surface area contributed by atoms with Crippen LogP contribution in [0.15, 0.2) is 29.2 Å². The molecule has 0 amide bonds. The molecule has 0 bridgehead atoms. The van der Waals surface area contributed by atoms with Crippen LogP contribution in [0.4, 0.5) is 0 Å². The Balaban J connectivity index is 1.34. The first-order chi connectivity index (χ1) is 9.81. The van der Waals surface area contributed by atoms with Crippen molar-refractivity contribution in [1.82, 2.24) is 10.2 Å². The number of nitrogens with one attached hydrogen (secondary N) is 1. The van der Waals surface area contributed by atoms with Crippen molar-refractivity contribution in [2.75, 3.05) is 32.7 Å². The number of hydrogen-bond acceptors (Lipinski definition) is 3. The Bertz CT molecular complexity index is 404. The molecule has 2 aliphatic heterocycles. The van der Waals surface area contributed by atoms with E-state index >= 15 is 0 Å². The van der Waals surface area contributed by atoms with Gasteiger partial charge in [0.05, 0.1) is 0 Å². The molecule has 0 aromatic heterocycles.